The summed E-state index contributed by atoms with van der Waals surface area (Å²) >= 11 is 0. The van der Waals surface area contributed by atoms with Crippen molar-refractivity contribution in [2.24, 2.45) is 0 Å². The van der Waals surface area contributed by atoms with E-state index in [1.165, 1.54) is 22.3 Å². The van der Waals surface area contributed by atoms with Crippen molar-refractivity contribution >= 4 is 0 Å². The molecular formula is C18H21NO. The highest BCUT2D eigenvalue weighted by molar-refractivity contribution is 5.37. The maximum Gasteiger partial charge on any atom is 0.119 e. The summed E-state index contributed by atoms with van der Waals surface area (Å²) in [5.41, 5.74) is 5.61. The molecule has 104 valence electrons. The topological polar surface area (TPSA) is 21.3 Å². The van der Waals surface area contributed by atoms with Crippen LogP contribution in [0.3, 0.4) is 0 Å². The van der Waals surface area contributed by atoms with Gasteiger partial charge >= 0.3 is 0 Å². The molecule has 1 aliphatic rings. The van der Waals surface area contributed by atoms with E-state index in [-0.39, 0.29) is 0 Å². The van der Waals surface area contributed by atoms with Crippen molar-refractivity contribution in [3.63, 3.8) is 0 Å². The number of rotatable bonds is 3. The third-order valence-corrected chi connectivity index (χ3v) is 4.03. The zero-order valence-electron chi connectivity index (χ0n) is 12.1. The number of ether oxygens (including phenoxy) is 1. The lowest BCUT2D eigenvalue weighted by Gasteiger charge is -2.27. The summed E-state index contributed by atoms with van der Waals surface area (Å²) in [6, 6.07) is 15.6. The van der Waals surface area contributed by atoms with Gasteiger partial charge in [0.25, 0.3) is 0 Å². The Kier molecular flexibility index (Phi) is 3.75. The standard InChI is InChI=1S/C18H21NO/c1-13-6-7-17-15(10-13)8-9-19-18(17)12-14-4-3-5-16(11-14)20-2/h3-7,10-11,18-19H,8-9,12H2,1-2H3. The van der Waals surface area contributed by atoms with Crippen molar-refractivity contribution in [1.29, 1.82) is 0 Å². The Hall–Kier alpha value is -1.80. The van der Waals surface area contributed by atoms with Crippen LogP contribution in [0.25, 0.3) is 0 Å². The van der Waals surface area contributed by atoms with Gasteiger partial charge in [-0.3, -0.25) is 0 Å². The Labute approximate surface area is 120 Å². The number of benzene rings is 2. The Morgan fingerprint density at radius 3 is 2.95 bits per heavy atom. The van der Waals surface area contributed by atoms with Crippen molar-refractivity contribution < 1.29 is 4.74 Å². The molecule has 2 heteroatoms. The van der Waals surface area contributed by atoms with Crippen LogP contribution in [-0.2, 0) is 12.8 Å². The van der Waals surface area contributed by atoms with E-state index in [2.05, 4.69) is 48.6 Å². The molecule has 0 radical (unpaired) electrons. The van der Waals surface area contributed by atoms with Crippen molar-refractivity contribution in [3.05, 3.63) is 64.7 Å². The van der Waals surface area contributed by atoms with Crippen LogP contribution in [0, 0.1) is 6.92 Å². The molecule has 0 spiro atoms. The van der Waals surface area contributed by atoms with Gasteiger partial charge < -0.3 is 10.1 Å². The maximum atomic E-state index is 5.31. The molecule has 2 aromatic rings. The van der Waals surface area contributed by atoms with Crippen molar-refractivity contribution in [1.82, 2.24) is 5.32 Å². The molecule has 0 fully saturated rings. The molecule has 1 unspecified atom stereocenters. The van der Waals surface area contributed by atoms with Crippen molar-refractivity contribution in [3.8, 4) is 5.75 Å². The minimum absolute atomic E-state index is 0.409. The number of hydrogen-bond donors (Lipinski definition) is 1. The number of nitrogens with one attached hydrogen (secondary N) is 1. The van der Waals surface area contributed by atoms with Crippen LogP contribution in [0.5, 0.6) is 5.75 Å². The second-order valence-electron chi connectivity index (χ2n) is 5.51. The van der Waals surface area contributed by atoms with Crippen molar-refractivity contribution in [2.45, 2.75) is 25.8 Å². The Morgan fingerprint density at radius 2 is 2.10 bits per heavy atom. The fourth-order valence-corrected chi connectivity index (χ4v) is 3.00. The van der Waals surface area contributed by atoms with Gasteiger partial charge in [-0.1, -0.05) is 35.9 Å². The molecule has 0 saturated heterocycles. The van der Waals surface area contributed by atoms with Crippen LogP contribution in [0.1, 0.15) is 28.3 Å². The molecule has 1 atom stereocenters. The van der Waals surface area contributed by atoms with Gasteiger partial charge in [0.2, 0.25) is 0 Å². The van der Waals surface area contributed by atoms with Crippen LogP contribution in [0.2, 0.25) is 0 Å². The first kappa shape index (κ1) is 13.2. The van der Waals surface area contributed by atoms with Crippen molar-refractivity contribution in [2.75, 3.05) is 13.7 Å². The minimum Gasteiger partial charge on any atom is -0.497 e. The summed E-state index contributed by atoms with van der Waals surface area (Å²) in [5.74, 6) is 0.933. The van der Waals surface area contributed by atoms with Crippen LogP contribution < -0.4 is 10.1 Å². The summed E-state index contributed by atoms with van der Waals surface area (Å²) in [5, 5.41) is 3.64. The van der Waals surface area contributed by atoms with Gasteiger partial charge in [0.05, 0.1) is 7.11 Å². The normalized spacial score (nSPS) is 17.6. The van der Waals surface area contributed by atoms with E-state index < -0.39 is 0 Å². The largest absolute Gasteiger partial charge is 0.497 e. The molecule has 20 heavy (non-hydrogen) atoms. The third kappa shape index (κ3) is 2.70. The highest BCUT2D eigenvalue weighted by atomic mass is 16.5. The first-order valence-electron chi connectivity index (χ1n) is 7.22. The van der Waals surface area contributed by atoms with Gasteiger partial charge in [0.15, 0.2) is 0 Å². The summed E-state index contributed by atoms with van der Waals surface area (Å²) in [6.45, 7) is 3.23. The minimum atomic E-state index is 0.409. The third-order valence-electron chi connectivity index (χ3n) is 4.03. The summed E-state index contributed by atoms with van der Waals surface area (Å²) in [6.07, 6.45) is 2.14. The zero-order chi connectivity index (χ0) is 13.9. The predicted octanol–water partition coefficient (Wildman–Crippen LogP) is 3.43. The number of aryl methyl sites for hydroxylation is 1. The molecule has 2 nitrogen and oxygen atoms in total. The lowest BCUT2D eigenvalue weighted by molar-refractivity contribution is 0.413. The average molecular weight is 267 g/mol. The molecule has 0 aliphatic carbocycles. The van der Waals surface area contributed by atoms with E-state index in [4.69, 9.17) is 4.74 Å². The second kappa shape index (κ2) is 5.68. The fourth-order valence-electron chi connectivity index (χ4n) is 3.00. The molecule has 1 heterocycles. The van der Waals surface area contributed by atoms with Gasteiger partial charge in [-0.2, -0.15) is 0 Å². The smallest absolute Gasteiger partial charge is 0.119 e. The Balaban J connectivity index is 1.85. The molecule has 0 bridgehead atoms. The fraction of sp³-hybridized carbons (Fsp3) is 0.333. The lowest BCUT2D eigenvalue weighted by Crippen LogP contribution is -2.31. The first-order chi connectivity index (χ1) is 9.76. The van der Waals surface area contributed by atoms with E-state index >= 15 is 0 Å². The molecule has 1 aliphatic heterocycles. The average Bonchev–Trinajstić information content (AvgIpc) is 2.47. The quantitative estimate of drug-likeness (QED) is 0.920. The highest BCUT2D eigenvalue weighted by Gasteiger charge is 2.19. The van der Waals surface area contributed by atoms with E-state index in [9.17, 15) is 0 Å². The first-order valence-corrected chi connectivity index (χ1v) is 7.22. The van der Waals surface area contributed by atoms with E-state index in [1.807, 2.05) is 6.07 Å². The Bertz CT molecular complexity index is 606. The highest BCUT2D eigenvalue weighted by Crippen LogP contribution is 2.27. The van der Waals surface area contributed by atoms with E-state index in [0.717, 1.165) is 25.1 Å². The molecule has 3 rings (SSSR count). The molecule has 2 aromatic carbocycles. The molecular weight excluding hydrogens is 246 g/mol. The summed E-state index contributed by atoms with van der Waals surface area (Å²) < 4.78 is 5.31. The molecule has 0 amide bonds. The van der Waals surface area contributed by atoms with E-state index in [0.29, 0.717) is 6.04 Å². The predicted molar refractivity (Wildman–Crippen MR) is 82.3 cm³/mol. The maximum absolute atomic E-state index is 5.31. The number of hydrogen-bond acceptors (Lipinski definition) is 2. The number of fused-ring (bicyclic) bond motifs is 1. The molecule has 1 N–H and O–H groups in total. The van der Waals surface area contributed by atoms with Gasteiger partial charge in [-0.25, -0.2) is 0 Å². The van der Waals surface area contributed by atoms with Crippen LogP contribution >= 0.6 is 0 Å². The monoisotopic (exact) mass is 267 g/mol. The summed E-state index contributed by atoms with van der Waals surface area (Å²) in [4.78, 5) is 0. The second-order valence-corrected chi connectivity index (χ2v) is 5.51. The van der Waals surface area contributed by atoms with E-state index in [1.54, 1.807) is 7.11 Å². The molecule has 0 saturated carbocycles. The van der Waals surface area contributed by atoms with Crippen LogP contribution in [0.15, 0.2) is 42.5 Å². The van der Waals surface area contributed by atoms with Crippen LogP contribution in [-0.4, -0.2) is 13.7 Å². The molecule has 0 aromatic heterocycles. The van der Waals surface area contributed by atoms with Gasteiger partial charge in [-0.05, 0) is 55.1 Å². The summed E-state index contributed by atoms with van der Waals surface area (Å²) in [7, 11) is 1.72. The van der Waals surface area contributed by atoms with Gasteiger partial charge in [-0.15, -0.1) is 0 Å². The van der Waals surface area contributed by atoms with Gasteiger partial charge in [0, 0.05) is 6.04 Å². The van der Waals surface area contributed by atoms with Gasteiger partial charge in [0.1, 0.15) is 5.75 Å². The van der Waals surface area contributed by atoms with Crippen LogP contribution in [0.4, 0.5) is 0 Å². The Morgan fingerprint density at radius 1 is 1.20 bits per heavy atom. The SMILES string of the molecule is COc1cccc(CC2NCCc3cc(C)ccc32)c1. The zero-order valence-corrected chi connectivity index (χ0v) is 12.1. The lowest BCUT2D eigenvalue weighted by atomic mass is 9.89. The number of methoxy groups -OCH3 is 1.